The van der Waals surface area contributed by atoms with Crippen LogP contribution in [0.5, 0.6) is 6.01 Å². The first-order valence-electron chi connectivity index (χ1n) is 14.7. The number of fused-ring (bicyclic) bond motifs is 5. The van der Waals surface area contributed by atoms with E-state index in [1.165, 1.54) is 23.7 Å². The maximum atomic E-state index is 16.8. The second-order valence-corrected chi connectivity index (χ2v) is 13.3. The Labute approximate surface area is 248 Å². The number of hydrogen-bond acceptors (Lipinski definition) is 10. The molecule has 4 aliphatic rings. The summed E-state index contributed by atoms with van der Waals surface area (Å²) in [7, 11) is 1.47. The molecule has 0 radical (unpaired) electrons. The molecule has 0 spiro atoms. The van der Waals surface area contributed by atoms with Crippen LogP contribution in [0.1, 0.15) is 32.1 Å². The van der Waals surface area contributed by atoms with Crippen LogP contribution in [0, 0.1) is 11.6 Å². The van der Waals surface area contributed by atoms with Gasteiger partial charge in [-0.05, 0) is 44.4 Å². The number of nitrogens with one attached hydrogen (secondary N) is 1. The van der Waals surface area contributed by atoms with Gasteiger partial charge in [0.2, 0.25) is 0 Å². The van der Waals surface area contributed by atoms with Crippen molar-refractivity contribution in [2.75, 3.05) is 43.4 Å². The number of nitrogens with zero attached hydrogens (tertiary/aromatic N) is 6. The number of nitrogens with two attached hydrogens (primary N) is 1. The van der Waals surface area contributed by atoms with Crippen molar-refractivity contribution in [2.45, 2.75) is 55.9 Å². The molecule has 14 heteroatoms. The Kier molecular flexibility index (Phi) is 6.15. The van der Waals surface area contributed by atoms with Gasteiger partial charge >= 0.3 is 6.01 Å². The van der Waals surface area contributed by atoms with E-state index < -0.39 is 28.9 Å². The standard InChI is InChI=1S/C29H31F3N8O2S/c1-38-23(17-5-6-18(31)24-21(17)35-27(33)43-24)20(32)22-19(26(38)41)25(39-11-15-3-4-16(12-39)34-15)37-28(36-22)42-13-29-7-2-8-40(29)10-14(30)9-29/h5-6,14-16,34H,2-4,7-13H2,1H3,(H2,33,35)/t14-,15?,16?,29+/m1/s1. The third-order valence-corrected chi connectivity index (χ3v) is 10.5. The number of halogens is 3. The molecule has 1 aromatic carbocycles. The predicted octanol–water partition coefficient (Wildman–Crippen LogP) is 3.36. The number of anilines is 2. The highest BCUT2D eigenvalue weighted by Gasteiger charge is 2.49. The lowest BCUT2D eigenvalue weighted by Crippen LogP contribution is -2.51. The monoisotopic (exact) mass is 612 g/mol. The van der Waals surface area contributed by atoms with Crippen LogP contribution in [0.3, 0.4) is 0 Å². The first kappa shape index (κ1) is 27.1. The molecule has 3 aromatic heterocycles. The van der Waals surface area contributed by atoms with E-state index in [4.69, 9.17) is 15.5 Å². The van der Waals surface area contributed by atoms with E-state index in [2.05, 4.69) is 20.2 Å². The van der Waals surface area contributed by atoms with Crippen LogP contribution in [-0.2, 0) is 7.05 Å². The summed E-state index contributed by atoms with van der Waals surface area (Å²) in [4.78, 5) is 31.6. The summed E-state index contributed by atoms with van der Waals surface area (Å²) in [5.74, 6) is -0.980. The maximum absolute atomic E-state index is 16.8. The summed E-state index contributed by atoms with van der Waals surface area (Å²) >= 11 is 0.956. The Morgan fingerprint density at radius 1 is 1.14 bits per heavy atom. The van der Waals surface area contributed by atoms with Crippen molar-refractivity contribution in [3.8, 4) is 17.3 Å². The SMILES string of the molecule is Cn1c(-c2ccc(F)c3sc(N)nc23)c(F)c2nc(OC[C@@]34CCCN3C[C@H](F)C4)nc(N3CC4CCC(C3)N4)c2c1=O. The third-order valence-electron chi connectivity index (χ3n) is 9.65. The molecule has 2 unspecified atom stereocenters. The number of rotatable bonds is 5. The van der Waals surface area contributed by atoms with Gasteiger partial charge in [0, 0.05) is 50.7 Å². The van der Waals surface area contributed by atoms with E-state index in [-0.39, 0.29) is 62.2 Å². The molecule has 7 heterocycles. The van der Waals surface area contributed by atoms with E-state index in [0.717, 1.165) is 43.6 Å². The highest BCUT2D eigenvalue weighted by Crippen LogP contribution is 2.41. The minimum atomic E-state index is -0.927. The van der Waals surface area contributed by atoms with Crippen LogP contribution < -0.4 is 26.2 Å². The van der Waals surface area contributed by atoms with Gasteiger partial charge < -0.3 is 25.3 Å². The van der Waals surface area contributed by atoms with Crippen LogP contribution >= 0.6 is 11.3 Å². The third kappa shape index (κ3) is 4.20. The Bertz CT molecular complexity index is 1840. The van der Waals surface area contributed by atoms with Crippen LogP contribution in [0.15, 0.2) is 16.9 Å². The van der Waals surface area contributed by atoms with Crippen molar-refractivity contribution in [1.29, 1.82) is 0 Å². The molecule has 4 saturated heterocycles. The number of aromatic nitrogens is 4. The number of ether oxygens (including phenoxy) is 1. The molecule has 4 atom stereocenters. The number of nitrogen functional groups attached to an aromatic ring is 1. The van der Waals surface area contributed by atoms with Crippen molar-refractivity contribution in [1.82, 2.24) is 29.7 Å². The number of alkyl halides is 1. The number of hydrogen-bond donors (Lipinski definition) is 2. The minimum Gasteiger partial charge on any atom is -0.461 e. The van der Waals surface area contributed by atoms with Crippen molar-refractivity contribution < 1.29 is 17.9 Å². The van der Waals surface area contributed by atoms with E-state index in [1.807, 2.05) is 4.90 Å². The van der Waals surface area contributed by atoms with Crippen LogP contribution in [0.2, 0.25) is 0 Å². The maximum Gasteiger partial charge on any atom is 0.319 e. The first-order chi connectivity index (χ1) is 20.7. The predicted molar refractivity (Wildman–Crippen MR) is 158 cm³/mol. The summed E-state index contributed by atoms with van der Waals surface area (Å²) < 4.78 is 53.4. The van der Waals surface area contributed by atoms with Crippen molar-refractivity contribution >= 4 is 43.4 Å². The molecule has 3 N–H and O–H groups in total. The molecular weight excluding hydrogens is 581 g/mol. The Balaban J connectivity index is 1.30. The zero-order valence-electron chi connectivity index (χ0n) is 23.6. The van der Waals surface area contributed by atoms with Crippen molar-refractivity contribution in [3.63, 3.8) is 0 Å². The van der Waals surface area contributed by atoms with Gasteiger partial charge in [0.15, 0.2) is 10.9 Å². The fourth-order valence-corrected chi connectivity index (χ4v) is 8.47. The molecule has 4 fully saturated rings. The molecule has 0 saturated carbocycles. The topological polar surface area (TPSA) is 114 Å². The molecule has 226 valence electrons. The first-order valence-corrected chi connectivity index (χ1v) is 15.5. The van der Waals surface area contributed by atoms with Crippen LogP contribution in [0.25, 0.3) is 32.4 Å². The lowest BCUT2D eigenvalue weighted by atomic mass is 9.95. The Hall–Kier alpha value is -3.49. The zero-order chi connectivity index (χ0) is 29.6. The second-order valence-electron chi connectivity index (χ2n) is 12.3. The lowest BCUT2D eigenvalue weighted by Gasteiger charge is -2.34. The average Bonchev–Trinajstić information content (AvgIpc) is 3.73. The number of benzene rings is 1. The molecule has 4 aromatic rings. The molecule has 10 nitrogen and oxygen atoms in total. The number of thiazole rings is 1. The molecule has 4 aliphatic heterocycles. The van der Waals surface area contributed by atoms with Crippen LogP contribution in [0.4, 0.5) is 24.1 Å². The van der Waals surface area contributed by atoms with Gasteiger partial charge in [0.1, 0.15) is 35.3 Å². The highest BCUT2D eigenvalue weighted by molar-refractivity contribution is 7.22. The highest BCUT2D eigenvalue weighted by atomic mass is 32.1. The smallest absolute Gasteiger partial charge is 0.319 e. The summed E-state index contributed by atoms with van der Waals surface area (Å²) in [5, 5.41) is 3.76. The molecular formula is C29H31F3N8O2S. The van der Waals surface area contributed by atoms with Gasteiger partial charge in [-0.1, -0.05) is 11.3 Å². The fraction of sp³-hybridized carbons (Fsp3) is 0.517. The number of piperazine rings is 1. The molecule has 0 amide bonds. The minimum absolute atomic E-state index is 0.0545. The molecule has 2 bridgehead atoms. The summed E-state index contributed by atoms with van der Waals surface area (Å²) in [5.41, 5.74) is 5.08. The Morgan fingerprint density at radius 3 is 2.72 bits per heavy atom. The summed E-state index contributed by atoms with van der Waals surface area (Å²) in [6.45, 7) is 2.55. The van der Waals surface area contributed by atoms with Crippen molar-refractivity contribution in [2.24, 2.45) is 7.05 Å². The van der Waals surface area contributed by atoms with Gasteiger partial charge in [-0.15, -0.1) is 0 Å². The normalized spacial score (nSPS) is 27.1. The summed E-state index contributed by atoms with van der Waals surface area (Å²) in [6.07, 6.45) is 3.19. The van der Waals surface area contributed by atoms with Crippen LogP contribution in [-0.4, -0.2) is 81.0 Å². The van der Waals surface area contributed by atoms with E-state index in [1.54, 1.807) is 0 Å². The van der Waals surface area contributed by atoms with Gasteiger partial charge in [-0.2, -0.15) is 9.97 Å². The second kappa shape index (κ2) is 9.76. The molecule has 8 rings (SSSR count). The lowest BCUT2D eigenvalue weighted by molar-refractivity contribution is 0.107. The quantitative estimate of drug-likeness (QED) is 0.350. The van der Waals surface area contributed by atoms with E-state index in [0.29, 0.717) is 31.9 Å². The van der Waals surface area contributed by atoms with E-state index >= 15 is 4.39 Å². The zero-order valence-corrected chi connectivity index (χ0v) is 24.4. The summed E-state index contributed by atoms with van der Waals surface area (Å²) in [6, 6.07) is 3.02. The van der Waals surface area contributed by atoms with Gasteiger partial charge in [0.05, 0.1) is 21.4 Å². The van der Waals surface area contributed by atoms with Gasteiger partial charge in [0.25, 0.3) is 5.56 Å². The average molecular weight is 613 g/mol. The molecule has 0 aliphatic carbocycles. The van der Waals surface area contributed by atoms with Gasteiger partial charge in [-0.25, -0.2) is 18.2 Å². The molecule has 43 heavy (non-hydrogen) atoms. The van der Waals surface area contributed by atoms with E-state index in [9.17, 15) is 13.6 Å². The number of pyridine rings is 1. The Morgan fingerprint density at radius 2 is 1.93 bits per heavy atom. The van der Waals surface area contributed by atoms with Gasteiger partial charge in [-0.3, -0.25) is 9.69 Å². The largest absolute Gasteiger partial charge is 0.461 e. The fourth-order valence-electron chi connectivity index (χ4n) is 7.71. The van der Waals surface area contributed by atoms with Crippen molar-refractivity contribution in [3.05, 3.63) is 34.1 Å².